The Morgan fingerprint density at radius 2 is 1.35 bits per heavy atom. The van der Waals surface area contributed by atoms with Gasteiger partial charge in [0.2, 0.25) is 0 Å². The minimum absolute atomic E-state index is 0.218. The fraction of sp³-hybridized carbons (Fsp3) is 0.136. The third-order valence-corrected chi connectivity index (χ3v) is 4.15. The molecule has 0 aromatic heterocycles. The van der Waals surface area contributed by atoms with Crippen molar-refractivity contribution < 1.29 is 14.6 Å². The van der Waals surface area contributed by atoms with Crippen LogP contribution in [0.3, 0.4) is 0 Å². The van der Waals surface area contributed by atoms with Gasteiger partial charge in [-0.15, -0.1) is 0 Å². The summed E-state index contributed by atoms with van der Waals surface area (Å²) in [6.07, 6.45) is 0.0701. The van der Waals surface area contributed by atoms with Crippen molar-refractivity contribution in [1.29, 1.82) is 0 Å². The average molecular weight is 347 g/mol. The Hall–Kier alpha value is -3.11. The minimum Gasteiger partial charge on any atom is -0.481 e. The van der Waals surface area contributed by atoms with Crippen LogP contribution < -0.4 is 10.5 Å². The van der Waals surface area contributed by atoms with Crippen molar-refractivity contribution in [2.75, 3.05) is 0 Å². The maximum Gasteiger partial charge on any atom is 0.320 e. The van der Waals surface area contributed by atoms with Crippen LogP contribution in [0.1, 0.15) is 22.8 Å². The van der Waals surface area contributed by atoms with Crippen LogP contribution in [0.15, 0.2) is 84.9 Å². The van der Waals surface area contributed by atoms with E-state index in [1.54, 1.807) is 0 Å². The van der Waals surface area contributed by atoms with Gasteiger partial charge >= 0.3 is 5.97 Å². The van der Waals surface area contributed by atoms with Crippen molar-refractivity contribution >= 4 is 5.97 Å². The molecule has 0 heterocycles. The molecule has 1 atom stereocenters. The molecule has 0 fully saturated rings. The van der Waals surface area contributed by atoms with E-state index in [1.807, 2.05) is 84.9 Å². The maximum absolute atomic E-state index is 10.9. The number of carboxylic acids is 1. The van der Waals surface area contributed by atoms with Gasteiger partial charge in [-0.05, 0) is 35.2 Å². The first kappa shape index (κ1) is 17.7. The van der Waals surface area contributed by atoms with Gasteiger partial charge in [-0.3, -0.25) is 4.79 Å². The first-order valence-corrected chi connectivity index (χ1v) is 8.47. The molecule has 0 saturated carbocycles. The van der Waals surface area contributed by atoms with Crippen LogP contribution in [0.2, 0.25) is 0 Å². The highest BCUT2D eigenvalue weighted by atomic mass is 16.5. The molecule has 1 unspecified atom stereocenters. The average Bonchev–Trinajstić information content (AvgIpc) is 2.68. The van der Waals surface area contributed by atoms with Gasteiger partial charge in [0.1, 0.15) is 17.9 Å². The summed E-state index contributed by atoms with van der Waals surface area (Å²) in [7, 11) is 0. The molecular weight excluding hydrogens is 326 g/mol. The molecule has 4 heteroatoms. The van der Waals surface area contributed by atoms with Crippen LogP contribution >= 0.6 is 0 Å². The second kappa shape index (κ2) is 8.32. The van der Waals surface area contributed by atoms with Gasteiger partial charge in [0, 0.05) is 0 Å². The Labute approximate surface area is 152 Å². The normalized spacial score (nSPS) is 11.9. The molecule has 3 aromatic carbocycles. The molecule has 0 spiro atoms. The van der Waals surface area contributed by atoms with Crippen molar-refractivity contribution in [2.24, 2.45) is 5.73 Å². The molecule has 0 saturated heterocycles. The number of aliphatic carboxylic acids is 1. The second-order valence-electron chi connectivity index (χ2n) is 6.11. The van der Waals surface area contributed by atoms with E-state index in [2.05, 4.69) is 0 Å². The smallest absolute Gasteiger partial charge is 0.320 e. The number of rotatable bonds is 7. The minimum atomic E-state index is -1.00. The van der Waals surface area contributed by atoms with Gasteiger partial charge < -0.3 is 15.6 Å². The zero-order valence-electron chi connectivity index (χ0n) is 14.3. The second-order valence-corrected chi connectivity index (χ2v) is 6.11. The fourth-order valence-electron chi connectivity index (χ4n) is 2.77. The van der Waals surface area contributed by atoms with Crippen LogP contribution in [-0.4, -0.2) is 17.1 Å². The zero-order chi connectivity index (χ0) is 18.4. The number of hydrogen-bond donors (Lipinski definition) is 2. The number of benzene rings is 3. The standard InChI is InChI=1S/C22H21NO3/c23-20(22(24)25)15-16-11-13-19(14-12-16)26-21(17-7-3-1-4-8-17)18-9-5-2-6-10-18/h1-14,20-21H,15,23H2,(H,24,25). The van der Waals surface area contributed by atoms with Crippen LogP contribution in [-0.2, 0) is 11.2 Å². The molecule has 0 aliphatic carbocycles. The summed E-state index contributed by atoms with van der Waals surface area (Å²) in [5, 5.41) is 8.92. The number of hydrogen-bond acceptors (Lipinski definition) is 3. The Morgan fingerprint density at radius 1 is 0.846 bits per heavy atom. The maximum atomic E-state index is 10.9. The largest absolute Gasteiger partial charge is 0.481 e. The predicted molar refractivity (Wildman–Crippen MR) is 101 cm³/mol. The van der Waals surface area contributed by atoms with Crippen LogP contribution in [0, 0.1) is 0 Å². The first-order valence-electron chi connectivity index (χ1n) is 8.47. The van der Waals surface area contributed by atoms with E-state index in [1.165, 1.54) is 0 Å². The van der Waals surface area contributed by atoms with E-state index in [0.29, 0.717) is 0 Å². The van der Waals surface area contributed by atoms with Crippen molar-refractivity contribution in [3.63, 3.8) is 0 Å². The Balaban J connectivity index is 1.80. The van der Waals surface area contributed by atoms with Gasteiger partial charge in [0.05, 0.1) is 0 Å². The summed E-state index contributed by atoms with van der Waals surface area (Å²) in [5.41, 5.74) is 8.58. The molecular formula is C22H21NO3. The van der Waals surface area contributed by atoms with Gasteiger partial charge in [-0.25, -0.2) is 0 Å². The van der Waals surface area contributed by atoms with Gasteiger partial charge in [0.25, 0.3) is 0 Å². The summed E-state index contributed by atoms with van der Waals surface area (Å²) in [5.74, 6) is -0.283. The van der Waals surface area contributed by atoms with Gasteiger partial charge in [-0.1, -0.05) is 72.8 Å². The summed E-state index contributed by atoms with van der Waals surface area (Å²) in [6, 6.07) is 26.6. The molecule has 0 aliphatic heterocycles. The van der Waals surface area contributed by atoms with E-state index < -0.39 is 12.0 Å². The monoisotopic (exact) mass is 347 g/mol. The molecule has 0 radical (unpaired) electrons. The summed E-state index contributed by atoms with van der Waals surface area (Å²) < 4.78 is 6.25. The van der Waals surface area contributed by atoms with Crippen LogP contribution in [0.4, 0.5) is 0 Å². The Kier molecular flexibility index (Phi) is 5.66. The summed E-state index contributed by atoms with van der Waals surface area (Å²) in [6.45, 7) is 0. The Morgan fingerprint density at radius 3 is 1.81 bits per heavy atom. The molecule has 0 aliphatic rings. The lowest BCUT2D eigenvalue weighted by Crippen LogP contribution is -2.32. The SMILES string of the molecule is NC(Cc1ccc(OC(c2ccccc2)c2ccccc2)cc1)C(=O)O. The topological polar surface area (TPSA) is 72.5 Å². The summed E-state index contributed by atoms with van der Waals surface area (Å²) in [4.78, 5) is 10.9. The van der Waals surface area contributed by atoms with E-state index in [9.17, 15) is 4.79 Å². The predicted octanol–water partition coefficient (Wildman–Crippen LogP) is 3.81. The lowest BCUT2D eigenvalue weighted by Gasteiger charge is -2.20. The van der Waals surface area contributed by atoms with Crippen molar-refractivity contribution in [3.05, 3.63) is 102 Å². The van der Waals surface area contributed by atoms with Crippen LogP contribution in [0.25, 0.3) is 0 Å². The van der Waals surface area contributed by atoms with E-state index in [-0.39, 0.29) is 12.5 Å². The third kappa shape index (κ3) is 4.49. The van der Waals surface area contributed by atoms with Gasteiger partial charge in [0.15, 0.2) is 0 Å². The van der Waals surface area contributed by atoms with E-state index in [4.69, 9.17) is 15.6 Å². The van der Waals surface area contributed by atoms with E-state index >= 15 is 0 Å². The number of carboxylic acid groups (broad SMARTS) is 1. The quantitative estimate of drug-likeness (QED) is 0.682. The first-order chi connectivity index (χ1) is 12.6. The molecule has 3 N–H and O–H groups in total. The van der Waals surface area contributed by atoms with Crippen molar-refractivity contribution in [3.8, 4) is 5.75 Å². The highest BCUT2D eigenvalue weighted by Crippen LogP contribution is 2.28. The third-order valence-electron chi connectivity index (χ3n) is 4.15. The molecule has 3 aromatic rings. The number of carbonyl (C=O) groups is 1. The highest BCUT2D eigenvalue weighted by Gasteiger charge is 2.16. The summed E-state index contributed by atoms with van der Waals surface area (Å²) >= 11 is 0. The zero-order valence-corrected chi connectivity index (χ0v) is 14.3. The highest BCUT2D eigenvalue weighted by molar-refractivity contribution is 5.73. The molecule has 3 rings (SSSR count). The number of nitrogens with two attached hydrogens (primary N) is 1. The van der Waals surface area contributed by atoms with Gasteiger partial charge in [-0.2, -0.15) is 0 Å². The molecule has 132 valence electrons. The fourth-order valence-corrected chi connectivity index (χ4v) is 2.77. The molecule has 0 bridgehead atoms. The van der Waals surface area contributed by atoms with Crippen molar-refractivity contribution in [1.82, 2.24) is 0 Å². The van der Waals surface area contributed by atoms with E-state index in [0.717, 1.165) is 22.4 Å². The van der Waals surface area contributed by atoms with Crippen molar-refractivity contribution in [2.45, 2.75) is 18.6 Å². The van der Waals surface area contributed by atoms with Crippen LogP contribution in [0.5, 0.6) is 5.75 Å². The lowest BCUT2D eigenvalue weighted by atomic mass is 10.0. The lowest BCUT2D eigenvalue weighted by molar-refractivity contribution is -0.138. The Bertz CT molecular complexity index is 793. The molecule has 0 amide bonds. The molecule has 4 nitrogen and oxygen atoms in total. The molecule has 26 heavy (non-hydrogen) atoms. The number of ether oxygens (including phenoxy) is 1.